The lowest BCUT2D eigenvalue weighted by atomic mass is 9.97. The minimum Gasteiger partial charge on any atom is -0.369 e. The number of halogens is 2. The van der Waals surface area contributed by atoms with E-state index in [1.54, 1.807) is 0 Å². The molecule has 1 unspecified atom stereocenters. The van der Waals surface area contributed by atoms with Crippen molar-refractivity contribution < 1.29 is 4.79 Å². The van der Waals surface area contributed by atoms with Gasteiger partial charge in [-0.2, -0.15) is 0 Å². The Morgan fingerprint density at radius 2 is 1.43 bits per heavy atom. The molecule has 2 N–H and O–H groups in total. The van der Waals surface area contributed by atoms with Crippen molar-refractivity contribution in [1.82, 2.24) is 0 Å². The van der Waals surface area contributed by atoms with Gasteiger partial charge in [-0.25, -0.2) is 0 Å². The van der Waals surface area contributed by atoms with Crippen LogP contribution in [0.3, 0.4) is 0 Å². The maximum atomic E-state index is 11.2. The van der Waals surface area contributed by atoms with Crippen molar-refractivity contribution in [3.63, 3.8) is 0 Å². The highest BCUT2D eigenvalue weighted by atomic mass is 35.5. The molecule has 0 aromatic carbocycles. The number of amides is 1. The van der Waals surface area contributed by atoms with E-state index in [0.29, 0.717) is 0 Å². The number of unbranched alkanes of at least 4 members (excludes halogenated alkanes) is 6. The van der Waals surface area contributed by atoms with Crippen LogP contribution in [0.5, 0.6) is 0 Å². The van der Waals surface area contributed by atoms with Gasteiger partial charge in [0.1, 0.15) is 0 Å². The van der Waals surface area contributed by atoms with Crippen LogP contribution in [-0.2, 0) is 4.79 Å². The van der Waals surface area contributed by atoms with Gasteiger partial charge in [0, 0.05) is 5.92 Å². The number of rotatable bonds is 13. The Labute approximate surface area is 144 Å². The Balaban J connectivity index is -0.00000162. The molecule has 0 radical (unpaired) electrons. The third kappa shape index (κ3) is 17.7. The van der Waals surface area contributed by atoms with Crippen molar-refractivity contribution in [1.29, 1.82) is 0 Å². The first kappa shape index (κ1) is 25.7. The molecule has 0 fully saturated rings. The Morgan fingerprint density at radius 1 is 0.857 bits per heavy atom. The van der Waals surface area contributed by atoms with Crippen LogP contribution in [-0.4, -0.2) is 5.91 Å². The zero-order valence-electron chi connectivity index (χ0n) is 13.8. The van der Waals surface area contributed by atoms with Gasteiger partial charge in [0.15, 0.2) is 0 Å². The van der Waals surface area contributed by atoms with Crippen molar-refractivity contribution in [3.05, 3.63) is 12.2 Å². The third-order valence-corrected chi connectivity index (χ3v) is 3.61. The summed E-state index contributed by atoms with van der Waals surface area (Å²) in [4.78, 5) is 11.2. The van der Waals surface area contributed by atoms with Crippen LogP contribution in [0.4, 0.5) is 0 Å². The van der Waals surface area contributed by atoms with Gasteiger partial charge in [0.2, 0.25) is 5.91 Å². The van der Waals surface area contributed by atoms with Gasteiger partial charge in [-0.3, -0.25) is 4.79 Å². The summed E-state index contributed by atoms with van der Waals surface area (Å²) >= 11 is 0. The molecule has 0 bridgehead atoms. The normalized spacial score (nSPS) is 11.7. The van der Waals surface area contributed by atoms with Crippen LogP contribution < -0.4 is 5.73 Å². The van der Waals surface area contributed by atoms with Gasteiger partial charge in [-0.05, 0) is 32.1 Å². The van der Waals surface area contributed by atoms with Gasteiger partial charge in [0.05, 0.1) is 0 Å². The first-order valence-corrected chi connectivity index (χ1v) is 8.16. The topological polar surface area (TPSA) is 43.1 Å². The zero-order valence-corrected chi connectivity index (χ0v) is 15.4. The average Bonchev–Trinajstić information content (AvgIpc) is 2.39. The summed E-state index contributed by atoms with van der Waals surface area (Å²) in [7, 11) is 0. The molecule has 128 valence electrons. The Kier molecular flexibility index (Phi) is 24.2. The lowest BCUT2D eigenvalue weighted by Crippen LogP contribution is -2.22. The number of carbonyl (C=O) groups is 1. The second kappa shape index (κ2) is 19.8. The fourth-order valence-corrected chi connectivity index (χ4v) is 2.35. The van der Waals surface area contributed by atoms with Gasteiger partial charge in [-0.15, -0.1) is 24.8 Å². The highest BCUT2D eigenvalue weighted by Crippen LogP contribution is 2.14. The van der Waals surface area contributed by atoms with E-state index < -0.39 is 0 Å². The van der Waals surface area contributed by atoms with Gasteiger partial charge in [-0.1, -0.05) is 64.5 Å². The summed E-state index contributed by atoms with van der Waals surface area (Å²) in [5, 5.41) is 0. The Morgan fingerprint density at radius 3 is 2.00 bits per heavy atom. The standard InChI is InChI=1S/C17H33NO.2ClH/c1-3-5-6-7-8-9-10-11-12-13-15-16(14-4-2)17(18)19;;/h11-12,16H,3-10,13-15H2,1-2H3,(H2,18,19);2*1H. The maximum absolute atomic E-state index is 11.2. The first-order chi connectivity index (χ1) is 9.22. The lowest BCUT2D eigenvalue weighted by Gasteiger charge is -2.09. The molecule has 0 rings (SSSR count). The number of carbonyl (C=O) groups excluding carboxylic acids is 1. The third-order valence-electron chi connectivity index (χ3n) is 3.61. The monoisotopic (exact) mass is 339 g/mol. The van der Waals surface area contributed by atoms with E-state index in [1.807, 2.05) is 0 Å². The Hall–Kier alpha value is -0.210. The number of hydrogen-bond donors (Lipinski definition) is 1. The molecule has 0 spiro atoms. The molecule has 0 saturated carbocycles. The van der Waals surface area contributed by atoms with E-state index in [1.165, 1.54) is 44.9 Å². The molecule has 0 aromatic heterocycles. The molecule has 1 amide bonds. The van der Waals surface area contributed by atoms with Crippen molar-refractivity contribution in [3.8, 4) is 0 Å². The molecule has 4 heteroatoms. The molecule has 0 aliphatic rings. The molecule has 0 aliphatic carbocycles. The maximum Gasteiger partial charge on any atom is 0.220 e. The lowest BCUT2D eigenvalue weighted by molar-refractivity contribution is -0.122. The molecule has 0 aliphatic heterocycles. The quantitative estimate of drug-likeness (QED) is 0.333. The number of primary amides is 1. The molecule has 0 saturated heterocycles. The second-order valence-electron chi connectivity index (χ2n) is 5.49. The van der Waals surface area contributed by atoms with Crippen LogP contribution in [0.15, 0.2) is 12.2 Å². The predicted molar refractivity (Wildman–Crippen MR) is 98.5 cm³/mol. The minimum absolute atomic E-state index is 0. The predicted octanol–water partition coefficient (Wildman–Crippen LogP) is 5.82. The summed E-state index contributed by atoms with van der Waals surface area (Å²) in [5.74, 6) is -0.0603. The van der Waals surface area contributed by atoms with Crippen molar-refractivity contribution >= 4 is 30.7 Å². The van der Waals surface area contributed by atoms with Crippen LogP contribution in [0.2, 0.25) is 0 Å². The van der Waals surface area contributed by atoms with E-state index in [-0.39, 0.29) is 36.6 Å². The fourth-order valence-electron chi connectivity index (χ4n) is 2.35. The molecule has 21 heavy (non-hydrogen) atoms. The summed E-state index contributed by atoms with van der Waals surface area (Å²) in [6, 6.07) is 0. The van der Waals surface area contributed by atoms with Crippen LogP contribution >= 0.6 is 24.8 Å². The van der Waals surface area contributed by atoms with E-state index in [0.717, 1.165) is 25.7 Å². The zero-order chi connectivity index (χ0) is 14.3. The minimum atomic E-state index is -0.133. The SMILES string of the molecule is CCCCCCCCC=CCCC(CCC)C(N)=O.Cl.Cl. The summed E-state index contributed by atoms with van der Waals surface area (Å²) in [6.45, 7) is 4.35. The van der Waals surface area contributed by atoms with E-state index >= 15 is 0 Å². The van der Waals surface area contributed by atoms with Gasteiger partial charge >= 0.3 is 0 Å². The van der Waals surface area contributed by atoms with Crippen molar-refractivity contribution in [2.45, 2.75) is 84.5 Å². The van der Waals surface area contributed by atoms with E-state index in [4.69, 9.17) is 5.73 Å². The highest BCUT2D eigenvalue weighted by molar-refractivity contribution is 5.85. The van der Waals surface area contributed by atoms with Crippen LogP contribution in [0.1, 0.15) is 84.5 Å². The molecular formula is C17H35Cl2NO. The van der Waals surface area contributed by atoms with Crippen LogP contribution in [0.25, 0.3) is 0 Å². The fraction of sp³-hybridized carbons (Fsp3) is 0.824. The smallest absolute Gasteiger partial charge is 0.220 e. The van der Waals surface area contributed by atoms with Gasteiger partial charge < -0.3 is 5.73 Å². The highest BCUT2D eigenvalue weighted by Gasteiger charge is 2.12. The average molecular weight is 340 g/mol. The number of hydrogen-bond acceptors (Lipinski definition) is 1. The second-order valence-corrected chi connectivity index (χ2v) is 5.49. The molecule has 0 heterocycles. The van der Waals surface area contributed by atoms with Gasteiger partial charge in [0.25, 0.3) is 0 Å². The van der Waals surface area contributed by atoms with Crippen LogP contribution in [0, 0.1) is 5.92 Å². The number of allylic oxidation sites excluding steroid dienone is 2. The summed E-state index contributed by atoms with van der Waals surface area (Å²) in [6.07, 6.45) is 17.6. The van der Waals surface area contributed by atoms with Crippen molar-refractivity contribution in [2.24, 2.45) is 11.7 Å². The molecular weight excluding hydrogens is 305 g/mol. The van der Waals surface area contributed by atoms with Crippen molar-refractivity contribution in [2.75, 3.05) is 0 Å². The number of nitrogens with two attached hydrogens (primary N) is 1. The largest absolute Gasteiger partial charge is 0.369 e. The summed E-state index contributed by atoms with van der Waals surface area (Å²) in [5.41, 5.74) is 5.38. The van der Waals surface area contributed by atoms with E-state index in [2.05, 4.69) is 26.0 Å². The summed E-state index contributed by atoms with van der Waals surface area (Å²) < 4.78 is 0. The molecule has 0 aromatic rings. The first-order valence-electron chi connectivity index (χ1n) is 8.16. The van der Waals surface area contributed by atoms with E-state index in [9.17, 15) is 4.79 Å². The molecule has 2 nitrogen and oxygen atoms in total. The Bertz CT molecular complexity index is 245. The molecule has 1 atom stereocenters.